The molecule has 11 nitrogen and oxygen atoms in total. The van der Waals surface area contributed by atoms with Crippen LogP contribution >= 0.6 is 0 Å². The third-order valence-corrected chi connectivity index (χ3v) is 8.69. The van der Waals surface area contributed by atoms with Crippen LogP contribution in [0, 0.1) is 5.92 Å². The molecule has 2 fully saturated rings. The van der Waals surface area contributed by atoms with E-state index in [0.29, 0.717) is 35.7 Å². The molecule has 0 amide bonds. The van der Waals surface area contributed by atoms with Crippen LogP contribution in [0.1, 0.15) is 22.6 Å². The van der Waals surface area contributed by atoms with Crippen molar-refractivity contribution in [2.24, 2.45) is 5.92 Å². The molecule has 3 aromatic carbocycles. The number of hydrogen-bond acceptors (Lipinski definition) is 11. The molecule has 0 bridgehead atoms. The summed E-state index contributed by atoms with van der Waals surface area (Å²) in [7, 11) is 4.23. The maximum atomic E-state index is 13.4. The van der Waals surface area contributed by atoms with Gasteiger partial charge >= 0.3 is 5.97 Å². The number of ether oxygens (including phenoxy) is 6. The van der Waals surface area contributed by atoms with Gasteiger partial charge in [0.15, 0.2) is 11.2 Å². The van der Waals surface area contributed by atoms with Crippen LogP contribution in [0.15, 0.2) is 66.7 Å². The molecular formula is C32H35NO10. The van der Waals surface area contributed by atoms with Crippen LogP contribution in [0.4, 0.5) is 0 Å². The van der Waals surface area contributed by atoms with Crippen molar-refractivity contribution in [2.45, 2.75) is 35.6 Å². The fourth-order valence-corrected chi connectivity index (χ4v) is 6.85. The maximum Gasteiger partial charge on any atom is 0.312 e. The Labute approximate surface area is 248 Å². The summed E-state index contributed by atoms with van der Waals surface area (Å²) in [4.78, 5) is 13.4. The van der Waals surface area contributed by atoms with Gasteiger partial charge in [0.1, 0.15) is 29.1 Å². The van der Waals surface area contributed by atoms with Gasteiger partial charge in [0.2, 0.25) is 6.29 Å². The SMILES string of the molecule is COC(=O)[C@H]1[C@@H](O)[C@@]2(O)c3c(OC)cc(O[C@H]4CNC[C@@H](CO)O4)cc3O[C@@]2(c2ccc(OC)cc2)[C@@H]1c1ccccc1. The number of nitrogens with one attached hydrogen (secondary N) is 1. The minimum Gasteiger partial charge on any atom is -0.497 e. The molecule has 2 heterocycles. The van der Waals surface area contributed by atoms with Gasteiger partial charge in [0, 0.05) is 24.6 Å². The lowest BCUT2D eigenvalue weighted by atomic mass is 9.70. The Hall–Kier alpha value is -3.87. The average Bonchev–Trinajstić information content (AvgIpc) is 3.42. The van der Waals surface area contributed by atoms with Gasteiger partial charge in [-0.2, -0.15) is 0 Å². The molecule has 1 saturated carbocycles. The van der Waals surface area contributed by atoms with Crippen LogP contribution in [0.2, 0.25) is 0 Å². The minimum atomic E-state index is -2.18. The highest BCUT2D eigenvalue weighted by molar-refractivity contribution is 5.78. The molecule has 0 spiro atoms. The van der Waals surface area contributed by atoms with Crippen LogP contribution in [0.25, 0.3) is 0 Å². The van der Waals surface area contributed by atoms with E-state index in [-0.39, 0.29) is 23.7 Å². The summed E-state index contributed by atoms with van der Waals surface area (Å²) in [5.74, 6) is -1.50. The highest BCUT2D eigenvalue weighted by Gasteiger charge is 2.78. The molecule has 0 radical (unpaired) electrons. The van der Waals surface area contributed by atoms with Gasteiger partial charge in [0.25, 0.3) is 0 Å². The quantitative estimate of drug-likeness (QED) is 0.284. The van der Waals surface area contributed by atoms with Crippen molar-refractivity contribution in [3.63, 3.8) is 0 Å². The van der Waals surface area contributed by atoms with Gasteiger partial charge in [-0.3, -0.25) is 4.79 Å². The molecule has 1 aliphatic carbocycles. The summed E-state index contributed by atoms with van der Waals surface area (Å²) < 4.78 is 35.1. The molecule has 7 atom stereocenters. The van der Waals surface area contributed by atoms with Gasteiger partial charge in [-0.15, -0.1) is 0 Å². The number of carbonyl (C=O) groups is 1. The van der Waals surface area contributed by atoms with E-state index in [1.54, 1.807) is 43.5 Å². The molecule has 4 N–H and O–H groups in total. The zero-order valence-electron chi connectivity index (χ0n) is 24.1. The molecule has 6 rings (SSSR count). The largest absolute Gasteiger partial charge is 0.497 e. The van der Waals surface area contributed by atoms with Crippen LogP contribution in [0.5, 0.6) is 23.0 Å². The third-order valence-electron chi connectivity index (χ3n) is 8.69. The van der Waals surface area contributed by atoms with Crippen molar-refractivity contribution < 1.29 is 48.5 Å². The van der Waals surface area contributed by atoms with Crippen molar-refractivity contribution in [3.8, 4) is 23.0 Å². The Morgan fingerprint density at radius 1 is 1.00 bits per heavy atom. The van der Waals surface area contributed by atoms with E-state index in [2.05, 4.69) is 5.32 Å². The molecule has 2 aliphatic heterocycles. The Kier molecular flexibility index (Phi) is 7.69. The monoisotopic (exact) mass is 593 g/mol. The van der Waals surface area contributed by atoms with E-state index >= 15 is 0 Å². The summed E-state index contributed by atoms with van der Waals surface area (Å²) in [6.07, 6.45) is -2.80. The first-order valence-electron chi connectivity index (χ1n) is 14.0. The average molecular weight is 594 g/mol. The number of fused-ring (bicyclic) bond motifs is 3. The van der Waals surface area contributed by atoms with E-state index < -0.39 is 47.5 Å². The number of hydrogen-bond donors (Lipinski definition) is 4. The summed E-state index contributed by atoms with van der Waals surface area (Å²) in [6, 6.07) is 19.3. The predicted octanol–water partition coefficient (Wildman–Crippen LogP) is 1.81. The zero-order valence-corrected chi connectivity index (χ0v) is 24.1. The second kappa shape index (κ2) is 11.3. The molecule has 228 valence electrons. The van der Waals surface area contributed by atoms with Gasteiger partial charge in [0.05, 0.1) is 52.1 Å². The third kappa shape index (κ3) is 4.42. The van der Waals surface area contributed by atoms with Crippen molar-refractivity contribution in [1.82, 2.24) is 5.32 Å². The van der Waals surface area contributed by atoms with E-state index in [4.69, 9.17) is 28.4 Å². The van der Waals surface area contributed by atoms with Gasteiger partial charge in [-0.05, 0) is 23.3 Å². The van der Waals surface area contributed by atoms with Gasteiger partial charge in [-0.25, -0.2) is 0 Å². The first-order chi connectivity index (χ1) is 20.8. The fraction of sp³-hybridized carbons (Fsp3) is 0.406. The second-order valence-corrected chi connectivity index (χ2v) is 10.9. The number of esters is 1. The number of morpholine rings is 1. The van der Waals surface area contributed by atoms with Gasteiger partial charge < -0.3 is 49.1 Å². The second-order valence-electron chi connectivity index (χ2n) is 10.9. The maximum absolute atomic E-state index is 13.4. The highest BCUT2D eigenvalue weighted by Crippen LogP contribution is 2.70. The fourth-order valence-electron chi connectivity index (χ4n) is 6.85. The Bertz CT molecular complexity index is 1470. The highest BCUT2D eigenvalue weighted by atomic mass is 16.7. The van der Waals surface area contributed by atoms with E-state index in [1.807, 2.05) is 30.3 Å². The number of rotatable bonds is 8. The van der Waals surface area contributed by atoms with Crippen molar-refractivity contribution >= 4 is 5.97 Å². The lowest BCUT2D eigenvalue weighted by molar-refractivity contribution is -0.161. The van der Waals surface area contributed by atoms with Gasteiger partial charge in [-0.1, -0.05) is 42.5 Å². The molecule has 0 aromatic heterocycles. The summed E-state index contributed by atoms with van der Waals surface area (Å²) >= 11 is 0. The topological polar surface area (TPSA) is 145 Å². The van der Waals surface area contributed by atoms with Crippen LogP contribution in [0.3, 0.4) is 0 Å². The van der Waals surface area contributed by atoms with E-state index in [9.17, 15) is 20.1 Å². The Balaban J connectivity index is 1.56. The lowest BCUT2D eigenvalue weighted by Gasteiger charge is -2.40. The standard InChI is InChI=1S/C32H35NO10/c1-38-20-11-9-19(10-12-20)32-27(18-7-5-4-6-8-18)26(30(36)40-3)29(35)31(32,37)28-23(39-2)13-21(14-24(28)43-32)41-25-16-33-15-22(17-34)42-25/h4-14,22,25-27,29,33-35,37H,15-17H2,1-3H3/t22-,25+,26+,27+,29+,31-,32-/m0/s1. The number of methoxy groups -OCH3 is 3. The molecule has 11 heteroatoms. The first-order valence-corrected chi connectivity index (χ1v) is 14.0. The summed E-state index contributed by atoms with van der Waals surface area (Å²) in [6.45, 7) is 0.706. The number of aliphatic hydroxyl groups is 3. The molecule has 1 saturated heterocycles. The lowest BCUT2D eigenvalue weighted by Crippen LogP contribution is -2.52. The zero-order chi connectivity index (χ0) is 30.4. The van der Waals surface area contributed by atoms with E-state index in [1.165, 1.54) is 14.2 Å². The van der Waals surface area contributed by atoms with Crippen molar-refractivity contribution in [2.75, 3.05) is 41.0 Å². The van der Waals surface area contributed by atoms with E-state index in [0.717, 1.165) is 0 Å². The molecule has 3 aromatic rings. The Morgan fingerprint density at radius 2 is 1.74 bits per heavy atom. The molecule has 43 heavy (non-hydrogen) atoms. The molecule has 0 unspecified atom stereocenters. The summed E-state index contributed by atoms with van der Waals surface area (Å²) in [5.41, 5.74) is -2.55. The normalized spacial score (nSPS) is 31.0. The molecule has 3 aliphatic rings. The summed E-state index contributed by atoms with van der Waals surface area (Å²) in [5, 5.41) is 37.7. The first kappa shape index (κ1) is 29.2. The number of aliphatic hydroxyl groups excluding tert-OH is 2. The predicted molar refractivity (Wildman–Crippen MR) is 152 cm³/mol. The van der Waals surface area contributed by atoms with Crippen molar-refractivity contribution in [1.29, 1.82) is 0 Å². The van der Waals surface area contributed by atoms with Crippen LogP contribution in [-0.2, 0) is 25.5 Å². The minimum absolute atomic E-state index is 0.166. The molecular weight excluding hydrogens is 558 g/mol. The smallest absolute Gasteiger partial charge is 0.312 e. The number of carbonyl (C=O) groups excluding carboxylic acids is 1. The van der Waals surface area contributed by atoms with Crippen LogP contribution in [-0.4, -0.2) is 80.8 Å². The Morgan fingerprint density at radius 3 is 2.40 bits per heavy atom. The number of benzene rings is 3. The van der Waals surface area contributed by atoms with Crippen molar-refractivity contribution in [3.05, 3.63) is 83.4 Å². The van der Waals surface area contributed by atoms with Crippen LogP contribution < -0.4 is 24.3 Å².